The number of para-hydroxylation sites is 1. The molecule has 2 heterocycles. The van der Waals surface area contributed by atoms with E-state index in [0.29, 0.717) is 6.54 Å². The first-order valence-electron chi connectivity index (χ1n) is 7.93. The number of amides is 1. The molecule has 1 fully saturated rings. The molecule has 1 aliphatic rings. The van der Waals surface area contributed by atoms with Crippen molar-refractivity contribution >= 4 is 32.8 Å². The van der Waals surface area contributed by atoms with E-state index in [1.54, 1.807) is 11.3 Å². The molecule has 0 aliphatic carbocycles. The number of fused-ring (bicyclic) bond motifs is 1. The van der Waals surface area contributed by atoms with Gasteiger partial charge in [0.15, 0.2) is 5.13 Å². The molecule has 3 rings (SSSR count). The topological polar surface area (TPSA) is 45.7 Å². The Morgan fingerprint density at radius 2 is 2.04 bits per heavy atom. The van der Waals surface area contributed by atoms with Crippen LogP contribution in [0.15, 0.2) is 24.3 Å². The lowest BCUT2D eigenvalue weighted by Gasteiger charge is -2.40. The van der Waals surface area contributed by atoms with Gasteiger partial charge in [0, 0.05) is 25.7 Å². The highest BCUT2D eigenvalue weighted by atomic mass is 32.1. The molecule has 0 spiro atoms. The van der Waals surface area contributed by atoms with E-state index < -0.39 is 5.60 Å². The van der Waals surface area contributed by atoms with Crippen LogP contribution in [-0.4, -0.2) is 47.3 Å². The monoisotopic (exact) mass is 333 g/mol. The molecule has 0 bridgehead atoms. The fourth-order valence-electron chi connectivity index (χ4n) is 2.72. The molecule has 1 aromatic heterocycles. The van der Waals surface area contributed by atoms with Gasteiger partial charge in [0.2, 0.25) is 0 Å². The maximum Gasteiger partial charge on any atom is 0.410 e. The molecule has 5 nitrogen and oxygen atoms in total. The second-order valence-electron chi connectivity index (χ2n) is 6.93. The van der Waals surface area contributed by atoms with Crippen molar-refractivity contribution in [2.24, 2.45) is 0 Å². The van der Waals surface area contributed by atoms with Gasteiger partial charge in [-0.15, -0.1) is 0 Å². The summed E-state index contributed by atoms with van der Waals surface area (Å²) < 4.78 is 6.69. The summed E-state index contributed by atoms with van der Waals surface area (Å²) in [6, 6.07) is 8.28. The van der Waals surface area contributed by atoms with E-state index in [2.05, 4.69) is 17.9 Å². The van der Waals surface area contributed by atoms with Gasteiger partial charge < -0.3 is 14.5 Å². The smallest absolute Gasteiger partial charge is 0.410 e. The summed E-state index contributed by atoms with van der Waals surface area (Å²) in [6.45, 7) is 9.96. The van der Waals surface area contributed by atoms with Gasteiger partial charge in [-0.3, -0.25) is 0 Å². The maximum atomic E-state index is 12.3. The van der Waals surface area contributed by atoms with Crippen molar-refractivity contribution in [3.63, 3.8) is 0 Å². The van der Waals surface area contributed by atoms with Gasteiger partial charge >= 0.3 is 6.09 Å². The third-order valence-corrected chi connectivity index (χ3v) is 4.91. The first-order chi connectivity index (χ1) is 10.8. The molecule has 1 aliphatic heterocycles. The van der Waals surface area contributed by atoms with E-state index in [-0.39, 0.29) is 12.1 Å². The summed E-state index contributed by atoms with van der Waals surface area (Å²) in [6.07, 6.45) is -0.228. The molecule has 1 atom stereocenters. The Morgan fingerprint density at radius 1 is 1.30 bits per heavy atom. The van der Waals surface area contributed by atoms with Crippen molar-refractivity contribution in [2.45, 2.75) is 39.3 Å². The second-order valence-corrected chi connectivity index (χ2v) is 7.94. The molecule has 1 saturated heterocycles. The molecule has 124 valence electrons. The average molecular weight is 333 g/mol. The van der Waals surface area contributed by atoms with E-state index >= 15 is 0 Å². The number of anilines is 1. The number of rotatable bonds is 1. The first kappa shape index (κ1) is 16.1. The normalized spacial score (nSPS) is 19.2. The molecule has 0 N–H and O–H groups in total. The Morgan fingerprint density at radius 3 is 2.70 bits per heavy atom. The van der Waals surface area contributed by atoms with Crippen LogP contribution < -0.4 is 4.90 Å². The SMILES string of the molecule is CC1CN(c2nc3ccccc3s2)CCN1C(=O)OC(C)(C)C. The lowest BCUT2D eigenvalue weighted by molar-refractivity contribution is 0.0159. The third-order valence-electron chi connectivity index (χ3n) is 3.81. The van der Waals surface area contributed by atoms with Crippen LogP contribution in [0.4, 0.5) is 9.93 Å². The summed E-state index contributed by atoms with van der Waals surface area (Å²) in [5.41, 5.74) is 0.579. The Kier molecular flexibility index (Phi) is 4.19. The van der Waals surface area contributed by atoms with Gasteiger partial charge in [-0.2, -0.15) is 0 Å². The standard InChI is InChI=1S/C17H23N3O2S/c1-12-11-19(9-10-20(12)16(21)22-17(2,3)4)15-18-13-7-5-6-8-14(13)23-15/h5-8,12H,9-11H2,1-4H3. The predicted molar refractivity (Wildman–Crippen MR) is 94.2 cm³/mol. The number of carbonyl (C=O) groups is 1. The number of benzene rings is 1. The molecular formula is C17H23N3O2S. The van der Waals surface area contributed by atoms with Gasteiger partial charge in [0.05, 0.1) is 10.2 Å². The maximum absolute atomic E-state index is 12.3. The number of nitrogens with zero attached hydrogens (tertiary/aromatic N) is 3. The Labute approximate surface area is 140 Å². The van der Waals surface area contributed by atoms with Crippen molar-refractivity contribution in [1.29, 1.82) is 0 Å². The molecule has 6 heteroatoms. The fraction of sp³-hybridized carbons (Fsp3) is 0.529. The lowest BCUT2D eigenvalue weighted by Crippen LogP contribution is -2.55. The minimum absolute atomic E-state index is 0.102. The summed E-state index contributed by atoms with van der Waals surface area (Å²) in [4.78, 5) is 21.1. The van der Waals surface area contributed by atoms with Crippen LogP contribution in [0.1, 0.15) is 27.7 Å². The van der Waals surface area contributed by atoms with Crippen LogP contribution in [0.2, 0.25) is 0 Å². The quantitative estimate of drug-likeness (QED) is 0.797. The number of thiazole rings is 1. The van der Waals surface area contributed by atoms with Crippen molar-refractivity contribution in [3.8, 4) is 0 Å². The number of ether oxygens (including phenoxy) is 1. The number of hydrogen-bond acceptors (Lipinski definition) is 5. The molecule has 1 amide bonds. The number of hydrogen-bond donors (Lipinski definition) is 0. The highest BCUT2D eigenvalue weighted by Crippen LogP contribution is 2.30. The third kappa shape index (κ3) is 3.58. The van der Waals surface area contributed by atoms with Crippen molar-refractivity contribution in [1.82, 2.24) is 9.88 Å². The van der Waals surface area contributed by atoms with E-state index in [0.717, 1.165) is 23.7 Å². The van der Waals surface area contributed by atoms with Crippen molar-refractivity contribution < 1.29 is 9.53 Å². The van der Waals surface area contributed by atoms with Gasteiger partial charge in [0.1, 0.15) is 5.60 Å². The predicted octanol–water partition coefficient (Wildman–Crippen LogP) is 3.74. The van der Waals surface area contributed by atoms with Crippen LogP contribution in [0, 0.1) is 0 Å². The van der Waals surface area contributed by atoms with Gasteiger partial charge in [-0.05, 0) is 39.8 Å². The molecule has 23 heavy (non-hydrogen) atoms. The van der Waals surface area contributed by atoms with Crippen LogP contribution in [-0.2, 0) is 4.74 Å². The van der Waals surface area contributed by atoms with E-state index in [9.17, 15) is 4.79 Å². The summed E-state index contributed by atoms with van der Waals surface area (Å²) in [7, 11) is 0. The first-order valence-corrected chi connectivity index (χ1v) is 8.75. The minimum Gasteiger partial charge on any atom is -0.444 e. The summed E-state index contributed by atoms with van der Waals surface area (Å²) in [5, 5.41) is 1.03. The van der Waals surface area contributed by atoms with Gasteiger partial charge in [0.25, 0.3) is 0 Å². The van der Waals surface area contributed by atoms with E-state index in [4.69, 9.17) is 9.72 Å². The number of aromatic nitrogens is 1. The summed E-state index contributed by atoms with van der Waals surface area (Å²) in [5.74, 6) is 0. The zero-order valence-corrected chi connectivity index (χ0v) is 14.9. The largest absolute Gasteiger partial charge is 0.444 e. The second kappa shape index (κ2) is 6.00. The van der Waals surface area contributed by atoms with Crippen LogP contribution in [0.5, 0.6) is 0 Å². The van der Waals surface area contributed by atoms with E-state index in [1.807, 2.05) is 43.9 Å². The van der Waals surface area contributed by atoms with Crippen LogP contribution in [0.3, 0.4) is 0 Å². The fourth-order valence-corrected chi connectivity index (χ4v) is 3.72. The van der Waals surface area contributed by atoms with Gasteiger partial charge in [-0.25, -0.2) is 9.78 Å². The molecule has 1 aromatic carbocycles. The zero-order valence-electron chi connectivity index (χ0n) is 14.1. The lowest BCUT2D eigenvalue weighted by atomic mass is 10.2. The molecule has 0 saturated carbocycles. The van der Waals surface area contributed by atoms with E-state index in [1.165, 1.54) is 4.70 Å². The molecule has 2 aromatic rings. The molecule has 0 radical (unpaired) electrons. The Hall–Kier alpha value is -1.82. The Bertz CT molecular complexity index is 674. The zero-order chi connectivity index (χ0) is 16.6. The Balaban J connectivity index is 1.69. The highest BCUT2D eigenvalue weighted by molar-refractivity contribution is 7.22. The molecular weight excluding hydrogens is 310 g/mol. The van der Waals surface area contributed by atoms with Crippen molar-refractivity contribution in [3.05, 3.63) is 24.3 Å². The average Bonchev–Trinajstić information content (AvgIpc) is 2.89. The van der Waals surface area contributed by atoms with Crippen LogP contribution >= 0.6 is 11.3 Å². The minimum atomic E-state index is -0.457. The molecule has 1 unspecified atom stereocenters. The number of piperazine rings is 1. The van der Waals surface area contributed by atoms with Gasteiger partial charge in [-0.1, -0.05) is 23.5 Å². The summed E-state index contributed by atoms with van der Waals surface area (Å²) >= 11 is 1.71. The number of carbonyl (C=O) groups excluding carboxylic acids is 1. The highest BCUT2D eigenvalue weighted by Gasteiger charge is 2.31. The van der Waals surface area contributed by atoms with Crippen molar-refractivity contribution in [2.75, 3.05) is 24.5 Å². The van der Waals surface area contributed by atoms with Crippen LogP contribution in [0.25, 0.3) is 10.2 Å².